The molecule has 1 aromatic rings. The van der Waals surface area contributed by atoms with Gasteiger partial charge in [0.25, 0.3) is 0 Å². The average Bonchev–Trinajstić information content (AvgIpc) is 2.96. The fourth-order valence-electron chi connectivity index (χ4n) is 6.55. The van der Waals surface area contributed by atoms with Crippen molar-refractivity contribution in [2.24, 2.45) is 22.4 Å². The standard InChI is InChI=1S/C25H41NO3Si2/c1-25-14-13-19-18-10-9-17(28-30(3,4)5)15-21(18)23(29-31(6,7)8)16-20(19)22(25)11-12-24(25)26-27-2/h9-10,15,19-20,22-23H,11-14,16H2,1-8H3/b26-24+/t19-,20-,22+,23?,25+/m1/s1. The first-order chi connectivity index (χ1) is 14.4. The van der Waals surface area contributed by atoms with Crippen LogP contribution in [0.4, 0.5) is 0 Å². The summed E-state index contributed by atoms with van der Waals surface area (Å²) in [6.07, 6.45) is 6.03. The lowest BCUT2D eigenvalue weighted by Crippen LogP contribution is -2.44. The molecule has 0 saturated heterocycles. The van der Waals surface area contributed by atoms with E-state index in [1.54, 1.807) is 7.11 Å². The average molecular weight is 460 g/mol. The Balaban J connectivity index is 1.72. The highest BCUT2D eigenvalue weighted by atomic mass is 28.4. The van der Waals surface area contributed by atoms with Crippen molar-refractivity contribution in [1.29, 1.82) is 0 Å². The van der Waals surface area contributed by atoms with Crippen molar-refractivity contribution < 1.29 is 13.7 Å². The van der Waals surface area contributed by atoms with Crippen LogP contribution in [0.15, 0.2) is 23.4 Å². The predicted octanol–water partition coefficient (Wildman–Crippen LogP) is 7.11. The zero-order valence-corrected chi connectivity index (χ0v) is 22.7. The molecule has 3 aliphatic rings. The molecular formula is C25H41NO3Si2. The molecule has 0 N–H and O–H groups in total. The predicted molar refractivity (Wildman–Crippen MR) is 133 cm³/mol. The quantitative estimate of drug-likeness (QED) is 0.348. The van der Waals surface area contributed by atoms with E-state index in [4.69, 9.17) is 13.7 Å². The van der Waals surface area contributed by atoms with Crippen molar-refractivity contribution in [1.82, 2.24) is 0 Å². The van der Waals surface area contributed by atoms with E-state index < -0.39 is 16.6 Å². The fraction of sp³-hybridized carbons (Fsp3) is 0.720. The fourth-order valence-corrected chi connectivity index (χ4v) is 8.46. The Bertz CT molecular complexity index is 857. The summed E-state index contributed by atoms with van der Waals surface area (Å²) < 4.78 is 13.2. The monoisotopic (exact) mass is 459 g/mol. The molecule has 6 heteroatoms. The number of fused-ring (bicyclic) bond motifs is 5. The number of rotatable bonds is 5. The minimum atomic E-state index is -1.69. The van der Waals surface area contributed by atoms with E-state index in [1.807, 2.05) is 0 Å². The minimum absolute atomic E-state index is 0.180. The molecule has 2 saturated carbocycles. The second kappa shape index (κ2) is 8.03. The molecule has 4 rings (SSSR count). The Hall–Kier alpha value is -1.12. The Morgan fingerprint density at radius 3 is 2.39 bits per heavy atom. The van der Waals surface area contributed by atoms with E-state index in [1.165, 1.54) is 36.1 Å². The van der Waals surface area contributed by atoms with E-state index in [2.05, 4.69) is 69.6 Å². The van der Waals surface area contributed by atoms with Crippen LogP contribution < -0.4 is 4.43 Å². The number of oxime groups is 1. The Morgan fingerprint density at radius 1 is 1.00 bits per heavy atom. The lowest BCUT2D eigenvalue weighted by atomic mass is 9.55. The molecular weight excluding hydrogens is 418 g/mol. The van der Waals surface area contributed by atoms with Crippen LogP contribution in [0.1, 0.15) is 62.2 Å². The van der Waals surface area contributed by atoms with Gasteiger partial charge in [-0.3, -0.25) is 0 Å². The SMILES string of the molecule is CO/N=C1\CC[C@H]2[C@@H]3CC(O[Si](C)(C)C)c4cc(O[Si](C)(C)C)ccc4[C@H]3CC[C@]12C. The van der Waals surface area contributed by atoms with Gasteiger partial charge in [-0.2, -0.15) is 0 Å². The summed E-state index contributed by atoms with van der Waals surface area (Å²) >= 11 is 0. The van der Waals surface area contributed by atoms with E-state index in [0.717, 1.165) is 18.6 Å². The Kier molecular flexibility index (Phi) is 5.97. The normalized spacial score (nSPS) is 34.1. The number of nitrogens with zero attached hydrogens (tertiary/aromatic N) is 1. The smallest absolute Gasteiger partial charge is 0.242 e. The molecule has 1 unspecified atom stereocenters. The van der Waals surface area contributed by atoms with E-state index in [-0.39, 0.29) is 11.5 Å². The lowest BCUT2D eigenvalue weighted by molar-refractivity contribution is 0.0440. The van der Waals surface area contributed by atoms with Crippen LogP contribution in [0.3, 0.4) is 0 Å². The molecule has 0 amide bonds. The van der Waals surface area contributed by atoms with Gasteiger partial charge in [0.05, 0.1) is 11.8 Å². The van der Waals surface area contributed by atoms with Gasteiger partial charge in [-0.25, -0.2) is 0 Å². The molecule has 0 radical (unpaired) electrons. The Labute approximate surface area is 191 Å². The third-order valence-corrected chi connectivity index (χ3v) is 9.43. The zero-order valence-electron chi connectivity index (χ0n) is 20.7. The summed E-state index contributed by atoms with van der Waals surface area (Å²) in [5.74, 6) is 2.97. The molecule has 31 heavy (non-hydrogen) atoms. The molecule has 3 aliphatic carbocycles. The molecule has 0 aromatic heterocycles. The summed E-state index contributed by atoms with van der Waals surface area (Å²) in [6.45, 7) is 16.1. The van der Waals surface area contributed by atoms with Gasteiger partial charge in [0.15, 0.2) is 8.32 Å². The molecule has 4 nitrogen and oxygen atoms in total. The molecule has 0 spiro atoms. The van der Waals surface area contributed by atoms with Crippen molar-refractivity contribution in [3.05, 3.63) is 29.3 Å². The van der Waals surface area contributed by atoms with Crippen LogP contribution in [-0.4, -0.2) is 29.5 Å². The van der Waals surface area contributed by atoms with Crippen molar-refractivity contribution in [3.63, 3.8) is 0 Å². The summed E-state index contributed by atoms with van der Waals surface area (Å²) in [6, 6.07) is 6.89. The van der Waals surface area contributed by atoms with Gasteiger partial charge in [0, 0.05) is 5.41 Å². The van der Waals surface area contributed by atoms with Gasteiger partial charge in [0.1, 0.15) is 12.9 Å². The van der Waals surface area contributed by atoms with Crippen LogP contribution in [-0.2, 0) is 9.26 Å². The van der Waals surface area contributed by atoms with Gasteiger partial charge < -0.3 is 13.7 Å². The number of hydrogen-bond acceptors (Lipinski definition) is 4. The van der Waals surface area contributed by atoms with Gasteiger partial charge in [-0.05, 0) is 112 Å². The first kappa shape index (κ1) is 23.1. The topological polar surface area (TPSA) is 40.0 Å². The second-order valence-corrected chi connectivity index (χ2v) is 20.9. The van der Waals surface area contributed by atoms with Crippen LogP contribution >= 0.6 is 0 Å². The van der Waals surface area contributed by atoms with Gasteiger partial charge in [-0.15, -0.1) is 0 Å². The number of hydrogen-bond donors (Lipinski definition) is 0. The second-order valence-electron chi connectivity index (χ2n) is 12.1. The van der Waals surface area contributed by atoms with Gasteiger partial charge in [0.2, 0.25) is 8.32 Å². The highest BCUT2D eigenvalue weighted by molar-refractivity contribution is 6.70. The molecule has 5 atom stereocenters. The van der Waals surface area contributed by atoms with Crippen molar-refractivity contribution in [2.75, 3.05) is 7.11 Å². The zero-order chi connectivity index (χ0) is 22.6. The third kappa shape index (κ3) is 4.53. The van der Waals surface area contributed by atoms with Crippen LogP contribution in [0.25, 0.3) is 0 Å². The van der Waals surface area contributed by atoms with Crippen LogP contribution in [0.2, 0.25) is 39.3 Å². The molecule has 0 aliphatic heterocycles. The van der Waals surface area contributed by atoms with Crippen molar-refractivity contribution in [3.8, 4) is 5.75 Å². The first-order valence-electron chi connectivity index (χ1n) is 12.0. The van der Waals surface area contributed by atoms with Gasteiger partial charge in [-0.1, -0.05) is 18.1 Å². The molecule has 1 aromatic carbocycles. The van der Waals surface area contributed by atoms with E-state index >= 15 is 0 Å². The minimum Gasteiger partial charge on any atom is -0.544 e. The summed E-state index contributed by atoms with van der Waals surface area (Å²) in [4.78, 5) is 5.23. The van der Waals surface area contributed by atoms with E-state index in [9.17, 15) is 0 Å². The van der Waals surface area contributed by atoms with Gasteiger partial charge >= 0.3 is 0 Å². The Morgan fingerprint density at radius 2 is 1.74 bits per heavy atom. The molecule has 0 bridgehead atoms. The van der Waals surface area contributed by atoms with E-state index in [0.29, 0.717) is 17.8 Å². The summed E-state index contributed by atoms with van der Waals surface area (Å²) in [7, 11) is -1.65. The summed E-state index contributed by atoms with van der Waals surface area (Å²) in [5.41, 5.74) is 4.37. The van der Waals surface area contributed by atoms with Crippen molar-refractivity contribution in [2.45, 2.75) is 90.3 Å². The maximum absolute atomic E-state index is 6.83. The lowest BCUT2D eigenvalue weighted by Gasteiger charge is -2.51. The largest absolute Gasteiger partial charge is 0.544 e. The van der Waals surface area contributed by atoms with Crippen LogP contribution in [0, 0.1) is 17.3 Å². The maximum Gasteiger partial charge on any atom is 0.242 e. The molecule has 0 heterocycles. The maximum atomic E-state index is 6.83. The van der Waals surface area contributed by atoms with Crippen LogP contribution in [0.5, 0.6) is 5.75 Å². The third-order valence-electron chi connectivity index (χ3n) is 7.59. The van der Waals surface area contributed by atoms with Crippen molar-refractivity contribution >= 4 is 22.3 Å². The molecule has 2 fully saturated rings. The number of benzene rings is 1. The summed E-state index contributed by atoms with van der Waals surface area (Å²) in [5, 5.41) is 4.47. The highest BCUT2D eigenvalue weighted by Crippen LogP contribution is 2.62. The molecule has 172 valence electrons. The highest BCUT2D eigenvalue weighted by Gasteiger charge is 2.55. The first-order valence-corrected chi connectivity index (χ1v) is 18.8.